The Kier molecular flexibility index (Phi) is 5.48. The number of fused-ring (bicyclic) bond motifs is 1. The van der Waals surface area contributed by atoms with Gasteiger partial charge in [-0.05, 0) is 24.5 Å². The molecule has 0 aromatic carbocycles. The average Bonchev–Trinajstić information content (AvgIpc) is 3.01. The van der Waals surface area contributed by atoms with Crippen LogP contribution in [-0.2, 0) is 6.54 Å². The Hall–Kier alpha value is -2.63. The molecule has 3 aromatic heterocycles. The van der Waals surface area contributed by atoms with Crippen molar-refractivity contribution in [3.63, 3.8) is 0 Å². The molecule has 25 heavy (non-hydrogen) atoms. The summed E-state index contributed by atoms with van der Waals surface area (Å²) in [6.07, 6.45) is 9.85. The topological polar surface area (TPSA) is 81.1 Å². The fourth-order valence-electron chi connectivity index (χ4n) is 3.17. The summed E-state index contributed by atoms with van der Waals surface area (Å²) in [6.45, 7) is 5.12. The van der Waals surface area contributed by atoms with E-state index >= 15 is 0 Å². The summed E-state index contributed by atoms with van der Waals surface area (Å²) in [5, 5.41) is 7.84. The van der Waals surface area contributed by atoms with Gasteiger partial charge in [-0.25, -0.2) is 4.98 Å². The molecule has 0 aliphatic heterocycles. The Bertz CT molecular complexity index is 805. The lowest BCUT2D eigenvalue weighted by atomic mass is 9.94. The minimum Gasteiger partial charge on any atom is -0.394 e. The number of pyridine rings is 1. The van der Waals surface area contributed by atoms with Gasteiger partial charge in [0.15, 0.2) is 5.65 Å². The summed E-state index contributed by atoms with van der Waals surface area (Å²) in [5.74, 6) is 1.37. The van der Waals surface area contributed by atoms with Gasteiger partial charge in [0.25, 0.3) is 0 Å². The first kappa shape index (κ1) is 17.2. The van der Waals surface area contributed by atoms with E-state index in [0.717, 1.165) is 48.4 Å². The lowest BCUT2D eigenvalue weighted by Gasteiger charge is -2.17. The maximum Gasteiger partial charge on any atom is 0.180 e. The van der Waals surface area contributed by atoms with E-state index < -0.39 is 0 Å². The van der Waals surface area contributed by atoms with Gasteiger partial charge in [-0.3, -0.25) is 4.98 Å². The van der Waals surface area contributed by atoms with Gasteiger partial charge >= 0.3 is 0 Å². The molecule has 0 saturated carbocycles. The monoisotopic (exact) mass is 338 g/mol. The highest BCUT2D eigenvalue weighted by molar-refractivity contribution is 5.66. The Morgan fingerprint density at radius 2 is 2.00 bits per heavy atom. The van der Waals surface area contributed by atoms with Crippen molar-refractivity contribution in [2.24, 2.45) is 0 Å². The van der Waals surface area contributed by atoms with Crippen LogP contribution in [0.3, 0.4) is 0 Å². The van der Waals surface area contributed by atoms with Gasteiger partial charge in [0.2, 0.25) is 0 Å². The standard InChI is InChI=1S/C19H26N6/c1-3-6-15(7-4-2)17-10-18(22-12-14-8-5-9-21-11-14)25-19(24-17)16(20)13-23-25/h5,8-11,13,15,22H,3-4,6-7,12,20H2,1-2H3. The summed E-state index contributed by atoms with van der Waals surface area (Å²) in [4.78, 5) is 8.97. The lowest BCUT2D eigenvalue weighted by Crippen LogP contribution is -2.10. The van der Waals surface area contributed by atoms with Crippen molar-refractivity contribution in [1.29, 1.82) is 0 Å². The number of nitrogens with two attached hydrogens (primary N) is 1. The second kappa shape index (κ2) is 7.96. The number of hydrogen-bond donors (Lipinski definition) is 2. The maximum atomic E-state index is 6.09. The van der Waals surface area contributed by atoms with Crippen LogP contribution in [0.5, 0.6) is 0 Å². The first-order chi connectivity index (χ1) is 12.2. The summed E-state index contributed by atoms with van der Waals surface area (Å²) in [7, 11) is 0. The molecule has 0 radical (unpaired) electrons. The molecule has 0 unspecified atom stereocenters. The Labute approximate surface area is 148 Å². The zero-order valence-electron chi connectivity index (χ0n) is 14.9. The first-order valence-corrected chi connectivity index (χ1v) is 8.99. The van der Waals surface area contributed by atoms with Crippen molar-refractivity contribution in [2.45, 2.75) is 52.0 Å². The van der Waals surface area contributed by atoms with Gasteiger partial charge in [-0.15, -0.1) is 0 Å². The number of nitrogen functional groups attached to an aromatic ring is 1. The van der Waals surface area contributed by atoms with Crippen LogP contribution in [0.4, 0.5) is 11.5 Å². The van der Waals surface area contributed by atoms with Crippen molar-refractivity contribution in [2.75, 3.05) is 11.1 Å². The van der Waals surface area contributed by atoms with Gasteiger partial charge in [0.05, 0.1) is 11.9 Å². The third-order valence-corrected chi connectivity index (χ3v) is 4.41. The van der Waals surface area contributed by atoms with Gasteiger partial charge in [0, 0.05) is 36.6 Å². The van der Waals surface area contributed by atoms with Crippen molar-refractivity contribution in [3.8, 4) is 0 Å². The van der Waals surface area contributed by atoms with Gasteiger partial charge in [-0.1, -0.05) is 32.8 Å². The summed E-state index contributed by atoms with van der Waals surface area (Å²) in [6, 6.07) is 6.11. The van der Waals surface area contributed by atoms with E-state index in [9.17, 15) is 0 Å². The molecule has 3 N–H and O–H groups in total. The zero-order chi connectivity index (χ0) is 17.6. The molecule has 3 aromatic rings. The van der Waals surface area contributed by atoms with E-state index in [1.165, 1.54) is 0 Å². The second-order valence-electron chi connectivity index (χ2n) is 6.39. The maximum absolute atomic E-state index is 6.09. The van der Waals surface area contributed by atoms with Crippen molar-refractivity contribution >= 4 is 17.2 Å². The van der Waals surface area contributed by atoms with Gasteiger partial charge < -0.3 is 11.1 Å². The van der Waals surface area contributed by atoms with Crippen LogP contribution in [0.15, 0.2) is 36.8 Å². The van der Waals surface area contributed by atoms with E-state index in [-0.39, 0.29) is 0 Å². The molecule has 0 amide bonds. The third-order valence-electron chi connectivity index (χ3n) is 4.41. The largest absolute Gasteiger partial charge is 0.394 e. The van der Waals surface area contributed by atoms with Crippen LogP contribution in [-0.4, -0.2) is 19.6 Å². The Morgan fingerprint density at radius 3 is 2.68 bits per heavy atom. The highest BCUT2D eigenvalue weighted by Crippen LogP contribution is 2.28. The predicted octanol–water partition coefficient (Wildman–Crippen LogP) is 4.00. The molecule has 6 nitrogen and oxygen atoms in total. The van der Waals surface area contributed by atoms with E-state index in [0.29, 0.717) is 18.2 Å². The third kappa shape index (κ3) is 3.90. The smallest absolute Gasteiger partial charge is 0.180 e. The summed E-state index contributed by atoms with van der Waals surface area (Å²) in [5.41, 5.74) is 9.63. The number of nitrogens with zero attached hydrogens (tertiary/aromatic N) is 4. The Balaban J connectivity index is 1.95. The molecule has 132 valence electrons. The van der Waals surface area contributed by atoms with Crippen LogP contribution in [0.1, 0.15) is 56.7 Å². The highest BCUT2D eigenvalue weighted by Gasteiger charge is 2.16. The van der Waals surface area contributed by atoms with Gasteiger partial charge in [0.1, 0.15) is 5.82 Å². The predicted molar refractivity (Wildman–Crippen MR) is 102 cm³/mol. The van der Waals surface area contributed by atoms with Crippen molar-refractivity contribution < 1.29 is 0 Å². The molecular weight excluding hydrogens is 312 g/mol. The van der Waals surface area contributed by atoms with E-state index in [1.807, 2.05) is 18.3 Å². The van der Waals surface area contributed by atoms with Crippen LogP contribution in [0, 0.1) is 0 Å². The van der Waals surface area contributed by atoms with Crippen molar-refractivity contribution in [3.05, 3.63) is 48.0 Å². The Morgan fingerprint density at radius 1 is 1.20 bits per heavy atom. The fraction of sp³-hybridized carbons (Fsp3) is 0.421. The molecule has 0 saturated heterocycles. The molecule has 0 aliphatic carbocycles. The minimum atomic E-state index is 0.452. The van der Waals surface area contributed by atoms with Crippen LogP contribution in [0.25, 0.3) is 5.65 Å². The van der Waals surface area contributed by atoms with Gasteiger partial charge in [-0.2, -0.15) is 9.61 Å². The lowest BCUT2D eigenvalue weighted by molar-refractivity contribution is 0.548. The van der Waals surface area contributed by atoms with E-state index in [2.05, 4.69) is 35.3 Å². The number of rotatable bonds is 8. The molecule has 0 spiro atoms. The molecule has 0 bridgehead atoms. The molecule has 3 rings (SSSR count). The molecule has 6 heteroatoms. The number of nitrogens with one attached hydrogen (secondary N) is 1. The number of hydrogen-bond acceptors (Lipinski definition) is 5. The van der Waals surface area contributed by atoms with Crippen LogP contribution in [0.2, 0.25) is 0 Å². The number of anilines is 2. The van der Waals surface area contributed by atoms with Crippen LogP contribution >= 0.6 is 0 Å². The molecule has 0 atom stereocenters. The fourth-order valence-corrected chi connectivity index (χ4v) is 3.17. The second-order valence-corrected chi connectivity index (χ2v) is 6.39. The first-order valence-electron chi connectivity index (χ1n) is 8.99. The quantitative estimate of drug-likeness (QED) is 0.649. The van der Waals surface area contributed by atoms with Crippen LogP contribution < -0.4 is 11.1 Å². The number of aromatic nitrogens is 4. The van der Waals surface area contributed by atoms with Crippen molar-refractivity contribution in [1.82, 2.24) is 19.6 Å². The normalized spacial score (nSPS) is 11.3. The molecule has 0 aliphatic rings. The van der Waals surface area contributed by atoms with E-state index in [1.54, 1.807) is 16.9 Å². The zero-order valence-corrected chi connectivity index (χ0v) is 14.9. The SMILES string of the molecule is CCCC(CCC)c1cc(NCc2cccnc2)n2ncc(N)c2n1. The summed E-state index contributed by atoms with van der Waals surface area (Å²) < 4.78 is 1.78. The summed E-state index contributed by atoms with van der Waals surface area (Å²) >= 11 is 0. The molecule has 0 fully saturated rings. The molecular formula is C19H26N6. The molecule has 3 heterocycles. The minimum absolute atomic E-state index is 0.452. The average molecular weight is 338 g/mol. The van der Waals surface area contributed by atoms with E-state index in [4.69, 9.17) is 10.7 Å². The highest BCUT2D eigenvalue weighted by atomic mass is 15.3.